The zero-order chi connectivity index (χ0) is 34.4. The molecule has 0 radical (unpaired) electrons. The van der Waals surface area contributed by atoms with Crippen molar-refractivity contribution in [3.8, 4) is 23.0 Å². The van der Waals surface area contributed by atoms with Gasteiger partial charge in [-0.05, 0) is 67.8 Å². The van der Waals surface area contributed by atoms with E-state index in [-0.39, 0.29) is 17.0 Å². The van der Waals surface area contributed by atoms with E-state index in [1.807, 2.05) is 19.1 Å². The van der Waals surface area contributed by atoms with Crippen LogP contribution in [0.5, 0.6) is 23.0 Å². The van der Waals surface area contributed by atoms with E-state index < -0.39 is 5.82 Å². The molecule has 0 spiro atoms. The van der Waals surface area contributed by atoms with Crippen molar-refractivity contribution in [1.82, 2.24) is 9.88 Å². The van der Waals surface area contributed by atoms with Crippen LogP contribution in [0.15, 0.2) is 66.9 Å². The highest BCUT2D eigenvalue weighted by Crippen LogP contribution is 2.42. The van der Waals surface area contributed by atoms with Crippen LogP contribution in [0.25, 0.3) is 10.9 Å². The number of carbonyl (C=O) groups is 2. The molecule has 2 fully saturated rings. The summed E-state index contributed by atoms with van der Waals surface area (Å²) in [6.45, 7) is 7.03. The van der Waals surface area contributed by atoms with Gasteiger partial charge < -0.3 is 34.4 Å². The van der Waals surface area contributed by atoms with Crippen molar-refractivity contribution >= 4 is 35.0 Å². The number of benzene rings is 3. The summed E-state index contributed by atoms with van der Waals surface area (Å²) in [5, 5.41) is 6.00. The van der Waals surface area contributed by atoms with E-state index in [1.165, 1.54) is 30.3 Å². The number of fused-ring (bicyclic) bond motifs is 1. The van der Waals surface area contributed by atoms with Crippen molar-refractivity contribution in [1.29, 1.82) is 0 Å². The highest BCUT2D eigenvalue weighted by atomic mass is 19.1. The van der Waals surface area contributed by atoms with Gasteiger partial charge in [-0.3, -0.25) is 14.7 Å². The molecule has 1 saturated carbocycles. The smallest absolute Gasteiger partial charge is 0.211 e. The van der Waals surface area contributed by atoms with Gasteiger partial charge in [0.15, 0.2) is 23.1 Å². The van der Waals surface area contributed by atoms with E-state index in [4.69, 9.17) is 18.9 Å². The van der Waals surface area contributed by atoms with Gasteiger partial charge in [0.2, 0.25) is 6.41 Å². The molecule has 4 aromatic rings. The van der Waals surface area contributed by atoms with Gasteiger partial charge in [0.25, 0.3) is 0 Å². The number of morpholine rings is 1. The lowest BCUT2D eigenvalue weighted by molar-refractivity contribution is -0.111. The number of hydrogen-bond donors (Lipinski definition) is 2. The average Bonchev–Trinajstić information content (AvgIpc) is 3.87. The highest BCUT2D eigenvalue weighted by molar-refractivity contribution is 5.88. The van der Waals surface area contributed by atoms with Gasteiger partial charge >= 0.3 is 0 Å². The SMILES string of the molecule is CC1(C=O)CC1.CNc1ccc(Oc2ccnc3cc(OCCCN4CCOCC4)c(OC)cc23)c(F)c1.O=CNc1ccc(F)cc1. The molecule has 0 unspecified atom stereocenters. The quantitative estimate of drug-likeness (QED) is 0.126. The molecule has 12 heteroatoms. The second-order valence-electron chi connectivity index (χ2n) is 11.5. The Bertz CT molecular complexity index is 1630. The van der Waals surface area contributed by atoms with Crippen molar-refractivity contribution in [2.24, 2.45) is 5.41 Å². The van der Waals surface area contributed by atoms with Gasteiger partial charge in [-0.1, -0.05) is 6.92 Å². The van der Waals surface area contributed by atoms with Crippen LogP contribution in [0.2, 0.25) is 0 Å². The van der Waals surface area contributed by atoms with E-state index >= 15 is 0 Å². The number of pyridine rings is 1. The lowest BCUT2D eigenvalue weighted by atomic mass is 10.1. The van der Waals surface area contributed by atoms with Crippen molar-refractivity contribution in [3.63, 3.8) is 0 Å². The lowest BCUT2D eigenvalue weighted by Gasteiger charge is -2.26. The molecule has 1 aromatic heterocycles. The Hall–Kier alpha value is -4.81. The number of aldehydes is 1. The first kappa shape index (κ1) is 36.0. The second-order valence-corrected chi connectivity index (χ2v) is 11.5. The van der Waals surface area contributed by atoms with Crippen LogP contribution in [-0.2, 0) is 14.3 Å². The number of rotatable bonds is 12. The number of methoxy groups -OCH3 is 1. The van der Waals surface area contributed by atoms with Crippen molar-refractivity contribution in [3.05, 3.63) is 78.5 Å². The number of ether oxygens (including phenoxy) is 4. The molecule has 2 N–H and O–H groups in total. The number of nitrogens with zero attached hydrogens (tertiary/aromatic N) is 2. The van der Waals surface area contributed by atoms with Gasteiger partial charge in [-0.2, -0.15) is 0 Å². The fraction of sp³-hybridized carbons (Fsp3) is 0.361. The minimum atomic E-state index is -0.450. The standard InChI is InChI=1S/C24H28FN3O4.C7H6FNO.C5H8O/c1-26-17-4-5-22(19(25)14-17)32-21-6-7-27-20-16-24(23(29-2)15-18(20)21)31-11-3-8-28-9-12-30-13-10-28;8-6-1-3-7(4-2-6)9-5-10;1-5(4-6)2-3-5/h4-7,14-16,26H,3,8-13H2,1-2H3;1-5H,(H,9,10);4H,2-3H2,1H3. The molecule has 6 rings (SSSR count). The molecule has 1 saturated heterocycles. The Balaban J connectivity index is 0.000000265. The third kappa shape index (κ3) is 10.9. The summed E-state index contributed by atoms with van der Waals surface area (Å²) in [6, 6.07) is 15.6. The van der Waals surface area contributed by atoms with Crippen molar-refractivity contribution < 1.29 is 37.3 Å². The molecule has 256 valence electrons. The number of anilines is 2. The summed E-state index contributed by atoms with van der Waals surface area (Å²) in [5.41, 5.74) is 2.06. The van der Waals surface area contributed by atoms with Crippen LogP contribution in [-0.4, -0.2) is 76.2 Å². The fourth-order valence-electron chi connectivity index (χ4n) is 4.57. The summed E-state index contributed by atoms with van der Waals surface area (Å²) in [5.74, 6) is 1.07. The van der Waals surface area contributed by atoms with E-state index in [1.54, 1.807) is 38.6 Å². The van der Waals surface area contributed by atoms with Crippen LogP contribution < -0.4 is 24.8 Å². The maximum absolute atomic E-state index is 14.4. The minimum Gasteiger partial charge on any atom is -0.493 e. The summed E-state index contributed by atoms with van der Waals surface area (Å²) in [7, 11) is 3.33. The monoisotopic (exact) mass is 664 g/mol. The van der Waals surface area contributed by atoms with E-state index in [2.05, 4.69) is 20.5 Å². The Labute approximate surface area is 279 Å². The fourth-order valence-corrected chi connectivity index (χ4v) is 4.57. The largest absolute Gasteiger partial charge is 0.493 e. The van der Waals surface area contributed by atoms with Crippen LogP contribution in [0.1, 0.15) is 26.2 Å². The predicted molar refractivity (Wildman–Crippen MR) is 181 cm³/mol. The van der Waals surface area contributed by atoms with Crippen LogP contribution in [0, 0.1) is 17.0 Å². The third-order valence-electron chi connectivity index (χ3n) is 7.80. The van der Waals surface area contributed by atoms with Gasteiger partial charge in [0.05, 0.1) is 32.4 Å². The minimum absolute atomic E-state index is 0.111. The van der Waals surface area contributed by atoms with Gasteiger partial charge in [-0.25, -0.2) is 8.78 Å². The first-order valence-electron chi connectivity index (χ1n) is 15.7. The number of aromatic nitrogens is 1. The highest BCUT2D eigenvalue weighted by Gasteiger charge is 2.36. The van der Waals surface area contributed by atoms with Gasteiger partial charge in [0.1, 0.15) is 17.9 Å². The summed E-state index contributed by atoms with van der Waals surface area (Å²) in [4.78, 5) is 26.5. The van der Waals surface area contributed by atoms with E-state index in [9.17, 15) is 18.4 Å². The van der Waals surface area contributed by atoms with Crippen LogP contribution in [0.4, 0.5) is 20.2 Å². The molecule has 0 atom stereocenters. The van der Waals surface area contributed by atoms with Crippen LogP contribution >= 0.6 is 0 Å². The van der Waals surface area contributed by atoms with Crippen molar-refractivity contribution in [2.45, 2.75) is 26.2 Å². The Morgan fingerprint density at radius 2 is 1.67 bits per heavy atom. The maximum Gasteiger partial charge on any atom is 0.211 e. The van der Waals surface area contributed by atoms with Crippen LogP contribution in [0.3, 0.4) is 0 Å². The molecule has 10 nitrogen and oxygen atoms in total. The van der Waals surface area contributed by atoms with Crippen molar-refractivity contribution in [2.75, 3.05) is 64.2 Å². The normalized spacial score (nSPS) is 14.7. The molecule has 3 aromatic carbocycles. The molecule has 2 heterocycles. The number of carbonyl (C=O) groups excluding carboxylic acids is 2. The van der Waals surface area contributed by atoms with Gasteiger partial charge in [0, 0.05) is 67.2 Å². The molecule has 1 amide bonds. The topological polar surface area (TPSA) is 111 Å². The van der Waals surface area contributed by atoms with E-state index in [0.717, 1.165) is 58.4 Å². The predicted octanol–water partition coefficient (Wildman–Crippen LogP) is 6.70. The zero-order valence-electron chi connectivity index (χ0n) is 27.5. The molecule has 48 heavy (non-hydrogen) atoms. The maximum atomic E-state index is 14.4. The first-order chi connectivity index (χ1) is 23.3. The second kappa shape index (κ2) is 17.9. The Morgan fingerprint density at radius 1 is 0.938 bits per heavy atom. The van der Waals surface area contributed by atoms with E-state index in [0.29, 0.717) is 52.5 Å². The molecular weight excluding hydrogens is 622 g/mol. The molecule has 0 bridgehead atoms. The molecule has 2 aliphatic rings. The Kier molecular flexibility index (Phi) is 13.5. The molecular formula is C36H42F2N4O6. The molecule has 1 aliphatic heterocycles. The number of nitrogens with one attached hydrogen (secondary N) is 2. The summed E-state index contributed by atoms with van der Waals surface area (Å²) in [6.07, 6.45) is 6.35. The average molecular weight is 665 g/mol. The summed E-state index contributed by atoms with van der Waals surface area (Å²) >= 11 is 0. The lowest BCUT2D eigenvalue weighted by Crippen LogP contribution is -2.37. The number of hydrogen-bond acceptors (Lipinski definition) is 9. The van der Waals surface area contributed by atoms with Gasteiger partial charge in [-0.15, -0.1) is 0 Å². The first-order valence-corrected chi connectivity index (χ1v) is 15.7. The number of halogens is 2. The zero-order valence-corrected chi connectivity index (χ0v) is 27.5. The summed E-state index contributed by atoms with van der Waals surface area (Å²) < 4.78 is 49.4. The number of amides is 1. The Morgan fingerprint density at radius 3 is 2.27 bits per heavy atom. The molecule has 1 aliphatic carbocycles. The third-order valence-corrected chi connectivity index (χ3v) is 7.80.